The van der Waals surface area contributed by atoms with E-state index >= 15 is 0 Å². The molecule has 0 radical (unpaired) electrons. The summed E-state index contributed by atoms with van der Waals surface area (Å²) in [6, 6.07) is 9.30. The first-order chi connectivity index (χ1) is 19.0. The molecular weight excluding hydrogens is 494 g/mol. The Kier molecular flexibility index (Phi) is 9.45. The first kappa shape index (κ1) is 28.0. The minimum Gasteiger partial charge on any atom is -0.379 e. The molecule has 0 bridgehead atoms. The summed E-state index contributed by atoms with van der Waals surface area (Å²) in [4.78, 5) is 24.2. The number of nitrogens with zero attached hydrogens (tertiary/aromatic N) is 3. The number of aryl methyl sites for hydroxylation is 1. The fourth-order valence-electron chi connectivity index (χ4n) is 5.97. The zero-order valence-corrected chi connectivity index (χ0v) is 23.5. The van der Waals surface area contributed by atoms with Crippen molar-refractivity contribution in [2.24, 2.45) is 0 Å². The quantitative estimate of drug-likeness (QED) is 0.510. The number of benzene rings is 1. The van der Waals surface area contributed by atoms with Crippen molar-refractivity contribution in [2.45, 2.75) is 82.8 Å². The van der Waals surface area contributed by atoms with Crippen molar-refractivity contribution in [2.75, 3.05) is 45.3 Å². The third-order valence-electron chi connectivity index (χ3n) is 8.42. The summed E-state index contributed by atoms with van der Waals surface area (Å²) in [5, 5.41) is 7.20. The monoisotopic (exact) mass is 541 g/mol. The van der Waals surface area contributed by atoms with E-state index in [2.05, 4.69) is 51.8 Å². The van der Waals surface area contributed by atoms with E-state index in [0.717, 1.165) is 50.7 Å². The second kappa shape index (κ2) is 13.2. The number of rotatable bonds is 8. The van der Waals surface area contributed by atoms with Gasteiger partial charge in [-0.15, -0.1) is 0 Å². The van der Waals surface area contributed by atoms with Gasteiger partial charge in [-0.25, -0.2) is 9.97 Å². The molecule has 3 aliphatic rings. The normalized spacial score (nSPS) is 26.4. The molecule has 5 rings (SSSR count). The summed E-state index contributed by atoms with van der Waals surface area (Å²) in [6.07, 6.45) is 7.75. The molecular formula is C30H47N5O4. The summed E-state index contributed by atoms with van der Waals surface area (Å²) in [6.45, 7) is 7.50. The molecule has 1 amide bonds. The predicted molar refractivity (Wildman–Crippen MR) is 154 cm³/mol. The highest BCUT2D eigenvalue weighted by Crippen LogP contribution is 2.31. The van der Waals surface area contributed by atoms with Gasteiger partial charge in [0.2, 0.25) is 0 Å². The van der Waals surface area contributed by atoms with Crippen LogP contribution in [0, 0.1) is 13.8 Å². The Balaban J connectivity index is 0.00000231. The Hall–Kier alpha value is -2.59. The van der Waals surface area contributed by atoms with Crippen LogP contribution in [0.5, 0.6) is 0 Å². The lowest BCUT2D eigenvalue weighted by Gasteiger charge is -2.38. The highest BCUT2D eigenvalue weighted by molar-refractivity contribution is 5.94. The number of carbonyl (C=O) groups is 1. The van der Waals surface area contributed by atoms with Gasteiger partial charge in [-0.05, 0) is 57.9 Å². The summed E-state index contributed by atoms with van der Waals surface area (Å²) in [7, 11) is 1.74. The largest absolute Gasteiger partial charge is 0.379 e. The van der Waals surface area contributed by atoms with E-state index in [1.165, 1.54) is 17.5 Å². The second-order valence-electron chi connectivity index (χ2n) is 11.1. The van der Waals surface area contributed by atoms with Gasteiger partial charge in [-0.3, -0.25) is 4.79 Å². The third kappa shape index (κ3) is 6.95. The van der Waals surface area contributed by atoms with E-state index < -0.39 is 0 Å². The van der Waals surface area contributed by atoms with Crippen LogP contribution in [0.4, 0.5) is 5.82 Å². The molecule has 0 unspecified atom stereocenters. The molecule has 1 aromatic heterocycles. The van der Waals surface area contributed by atoms with Crippen LogP contribution in [0.1, 0.15) is 74.7 Å². The van der Waals surface area contributed by atoms with Crippen molar-refractivity contribution < 1.29 is 21.9 Å². The molecule has 0 saturated carbocycles. The van der Waals surface area contributed by atoms with Crippen LogP contribution in [0.2, 0.25) is 0 Å². The summed E-state index contributed by atoms with van der Waals surface area (Å²) in [5.41, 5.74) is 3.76. The number of hydrogen-bond acceptors (Lipinski definition) is 8. The van der Waals surface area contributed by atoms with Crippen LogP contribution in [-0.4, -0.2) is 85.0 Å². The highest BCUT2D eigenvalue weighted by Gasteiger charge is 2.31. The minimum atomic E-state index is -0.0226. The van der Waals surface area contributed by atoms with Crippen molar-refractivity contribution in [3.63, 3.8) is 0 Å². The van der Waals surface area contributed by atoms with Gasteiger partial charge < -0.3 is 29.7 Å². The van der Waals surface area contributed by atoms with E-state index in [0.29, 0.717) is 49.8 Å². The number of likely N-dealkylation sites (tertiary alicyclic amines) is 1. The topological polar surface area (TPSA) is 97.8 Å². The Morgan fingerprint density at radius 3 is 2.67 bits per heavy atom. The molecule has 9 nitrogen and oxygen atoms in total. The van der Waals surface area contributed by atoms with Crippen LogP contribution in [0.3, 0.4) is 0 Å². The van der Waals surface area contributed by atoms with Crippen molar-refractivity contribution in [1.29, 1.82) is 0 Å². The zero-order chi connectivity index (χ0) is 27.2. The van der Waals surface area contributed by atoms with Gasteiger partial charge in [0.05, 0.1) is 24.9 Å². The Morgan fingerprint density at radius 1 is 1.10 bits per heavy atom. The highest BCUT2D eigenvalue weighted by atomic mass is 16.5. The molecule has 3 fully saturated rings. The Morgan fingerprint density at radius 2 is 1.90 bits per heavy atom. The number of hydrogen-bond donors (Lipinski definition) is 2. The molecule has 9 heteroatoms. The number of nitrogens with one attached hydrogen (secondary N) is 2. The van der Waals surface area contributed by atoms with Crippen LogP contribution in [0.15, 0.2) is 30.6 Å². The molecule has 4 heterocycles. The predicted octanol–water partition coefficient (Wildman–Crippen LogP) is 4.31. The van der Waals surface area contributed by atoms with Crippen LogP contribution < -0.4 is 10.6 Å². The van der Waals surface area contributed by atoms with Crippen LogP contribution in [0.25, 0.3) is 0 Å². The number of carbonyl (C=O) groups excluding carboxylic acids is 1. The zero-order valence-electron chi connectivity index (χ0n) is 23.5. The lowest BCUT2D eigenvalue weighted by molar-refractivity contribution is -0.0533. The SMILES string of the molecule is CO[C@H]1COCC[C@H]1NC1CCN(C(=O)c2ncnc(NC[C@H]3CCC[C@@H](c4ccc(C)cc4)O3)c2C)CC1.[HH].[HH]. The van der Waals surface area contributed by atoms with E-state index in [9.17, 15) is 4.79 Å². The van der Waals surface area contributed by atoms with Gasteiger partial charge in [0.15, 0.2) is 0 Å². The average Bonchev–Trinajstić information content (AvgIpc) is 2.97. The number of aromatic nitrogens is 2. The molecule has 2 N–H and O–H groups in total. The van der Waals surface area contributed by atoms with Crippen molar-refractivity contribution in [3.8, 4) is 0 Å². The molecule has 39 heavy (non-hydrogen) atoms. The summed E-state index contributed by atoms with van der Waals surface area (Å²) < 4.78 is 17.6. The van der Waals surface area contributed by atoms with Gasteiger partial charge >= 0.3 is 0 Å². The first-order valence-corrected chi connectivity index (χ1v) is 14.4. The van der Waals surface area contributed by atoms with Gasteiger partial charge in [0.25, 0.3) is 5.91 Å². The summed E-state index contributed by atoms with van der Waals surface area (Å²) >= 11 is 0. The molecule has 4 atom stereocenters. The van der Waals surface area contributed by atoms with E-state index in [4.69, 9.17) is 14.2 Å². The maximum absolute atomic E-state index is 13.4. The first-order valence-electron chi connectivity index (χ1n) is 14.4. The van der Waals surface area contributed by atoms with E-state index in [1.807, 2.05) is 11.8 Å². The minimum absolute atomic E-state index is 0. The average molecular weight is 542 g/mol. The lowest BCUT2D eigenvalue weighted by atomic mass is 9.97. The van der Waals surface area contributed by atoms with E-state index in [1.54, 1.807) is 7.11 Å². The molecule has 0 spiro atoms. The number of methoxy groups -OCH3 is 1. The van der Waals surface area contributed by atoms with Crippen molar-refractivity contribution >= 4 is 11.7 Å². The number of ether oxygens (including phenoxy) is 3. The third-order valence-corrected chi connectivity index (χ3v) is 8.42. The maximum atomic E-state index is 13.4. The van der Waals surface area contributed by atoms with Gasteiger partial charge in [0.1, 0.15) is 17.8 Å². The molecule has 3 aliphatic heterocycles. The number of amides is 1. The van der Waals surface area contributed by atoms with Crippen molar-refractivity contribution in [3.05, 3.63) is 53.0 Å². The van der Waals surface area contributed by atoms with Crippen LogP contribution in [-0.2, 0) is 14.2 Å². The Bertz CT molecular complexity index is 1100. The van der Waals surface area contributed by atoms with Gasteiger partial charge in [-0.2, -0.15) is 0 Å². The maximum Gasteiger partial charge on any atom is 0.272 e. The lowest BCUT2D eigenvalue weighted by Crippen LogP contribution is -2.54. The molecule has 0 aliphatic carbocycles. The van der Waals surface area contributed by atoms with Gasteiger partial charge in [-0.1, -0.05) is 29.8 Å². The fraction of sp³-hybridized carbons (Fsp3) is 0.633. The standard InChI is InChI=1S/C30H43N5O4.2H2/c1-20-7-9-22(10-8-20)26-6-4-5-24(39-26)17-31-29-21(2)28(32-19-33-29)30(36)35-14-11-23(12-15-35)34-25-13-16-38-18-27(25)37-3;;/h7-10,19,23-27,34H,4-6,11-18H2,1-3H3,(H,31,32,33);2*1H/t24-,25-,26+,27+;;/m1../s1. The number of anilines is 1. The second-order valence-corrected chi connectivity index (χ2v) is 11.1. The van der Waals surface area contributed by atoms with Crippen molar-refractivity contribution in [1.82, 2.24) is 20.2 Å². The molecule has 216 valence electrons. The van der Waals surface area contributed by atoms with Crippen LogP contribution >= 0.6 is 0 Å². The smallest absolute Gasteiger partial charge is 0.272 e. The number of piperidine rings is 1. The molecule has 2 aromatic rings. The fourth-order valence-corrected chi connectivity index (χ4v) is 5.97. The summed E-state index contributed by atoms with van der Waals surface area (Å²) in [5.74, 6) is 0.682. The molecule has 1 aromatic carbocycles. The molecule has 3 saturated heterocycles. The Labute approximate surface area is 235 Å². The van der Waals surface area contributed by atoms with E-state index in [-0.39, 0.29) is 27.1 Å². The van der Waals surface area contributed by atoms with Gasteiger partial charge in [0, 0.05) is 53.9 Å².